The van der Waals surface area contributed by atoms with Crippen molar-refractivity contribution in [2.45, 2.75) is 65.1 Å². The first kappa shape index (κ1) is 13.4. The van der Waals surface area contributed by atoms with E-state index in [-0.39, 0.29) is 29.8 Å². The highest BCUT2D eigenvalue weighted by Gasteiger charge is 2.50. The molecule has 2 aliphatic rings. The Morgan fingerprint density at radius 3 is 2.28 bits per heavy atom. The van der Waals surface area contributed by atoms with E-state index in [1.54, 1.807) is 13.8 Å². The first-order valence-corrected chi connectivity index (χ1v) is 6.89. The van der Waals surface area contributed by atoms with Crippen LogP contribution in [-0.4, -0.2) is 34.3 Å². The fourth-order valence-electron chi connectivity index (χ4n) is 3.11. The van der Waals surface area contributed by atoms with Gasteiger partial charge in [0.25, 0.3) is 0 Å². The van der Waals surface area contributed by atoms with Gasteiger partial charge in [0, 0.05) is 6.04 Å². The van der Waals surface area contributed by atoms with E-state index >= 15 is 0 Å². The van der Waals surface area contributed by atoms with Gasteiger partial charge in [0.05, 0.1) is 0 Å². The Morgan fingerprint density at radius 2 is 1.83 bits per heavy atom. The van der Waals surface area contributed by atoms with E-state index in [2.05, 4.69) is 12.2 Å². The third kappa shape index (κ3) is 2.02. The number of amides is 2. The predicted octanol–water partition coefficient (Wildman–Crippen LogP) is 1.55. The molecule has 2 rings (SSSR count). The van der Waals surface area contributed by atoms with E-state index in [0.717, 1.165) is 12.8 Å². The summed E-state index contributed by atoms with van der Waals surface area (Å²) in [5.74, 6) is 0.886. The number of carbonyl (C=O) groups is 2. The highest BCUT2D eigenvalue weighted by Crippen LogP contribution is 2.36. The average molecular weight is 252 g/mol. The fraction of sp³-hybridized carbons (Fsp3) is 0.857. The molecule has 0 aromatic carbocycles. The Kier molecular flexibility index (Phi) is 3.16. The molecule has 4 nitrogen and oxygen atoms in total. The van der Waals surface area contributed by atoms with Gasteiger partial charge in [0.15, 0.2) is 0 Å². The van der Waals surface area contributed by atoms with Crippen LogP contribution < -0.4 is 5.32 Å². The van der Waals surface area contributed by atoms with Crippen molar-refractivity contribution in [3.05, 3.63) is 0 Å². The van der Waals surface area contributed by atoms with Crippen molar-refractivity contribution in [3.8, 4) is 0 Å². The minimum Gasteiger partial charge on any atom is -0.340 e. The van der Waals surface area contributed by atoms with Gasteiger partial charge in [-0.25, -0.2) is 0 Å². The zero-order valence-corrected chi connectivity index (χ0v) is 12.0. The standard InChI is InChI=1S/C14H24N2O2/c1-8(2)11-12(17)15-14(4,5)13(18)16(11)10-6-9(3)7-10/h8-11H,6-7H2,1-5H3,(H,15,17). The van der Waals surface area contributed by atoms with E-state index < -0.39 is 5.54 Å². The molecule has 0 spiro atoms. The van der Waals surface area contributed by atoms with Gasteiger partial charge in [-0.15, -0.1) is 0 Å². The molecule has 1 unspecified atom stereocenters. The van der Waals surface area contributed by atoms with Gasteiger partial charge in [0.2, 0.25) is 11.8 Å². The molecule has 1 saturated carbocycles. The number of nitrogens with one attached hydrogen (secondary N) is 1. The minimum atomic E-state index is -0.763. The summed E-state index contributed by atoms with van der Waals surface area (Å²) in [6, 6.07) is -0.0479. The summed E-state index contributed by atoms with van der Waals surface area (Å²) in [6.45, 7) is 9.79. The van der Waals surface area contributed by atoms with Crippen molar-refractivity contribution >= 4 is 11.8 Å². The molecule has 4 heteroatoms. The molecule has 1 saturated heterocycles. The molecule has 18 heavy (non-hydrogen) atoms. The Balaban J connectivity index is 2.28. The second-order valence-electron chi connectivity index (χ2n) is 6.75. The van der Waals surface area contributed by atoms with Gasteiger partial charge in [-0.3, -0.25) is 9.59 Å². The van der Waals surface area contributed by atoms with Gasteiger partial charge in [-0.05, 0) is 38.5 Å². The van der Waals surface area contributed by atoms with Crippen LogP contribution in [0.5, 0.6) is 0 Å². The average Bonchev–Trinajstić information content (AvgIpc) is 2.17. The molecule has 102 valence electrons. The van der Waals surface area contributed by atoms with Crippen molar-refractivity contribution in [1.82, 2.24) is 10.2 Å². The lowest BCUT2D eigenvalue weighted by Crippen LogP contribution is -2.72. The lowest BCUT2D eigenvalue weighted by atomic mass is 9.77. The molecule has 0 bridgehead atoms. The molecule has 1 aliphatic heterocycles. The largest absolute Gasteiger partial charge is 0.340 e. The van der Waals surface area contributed by atoms with Gasteiger partial charge in [-0.1, -0.05) is 20.8 Å². The summed E-state index contributed by atoms with van der Waals surface area (Å²) < 4.78 is 0. The Morgan fingerprint density at radius 1 is 1.28 bits per heavy atom. The number of rotatable bonds is 2. The summed E-state index contributed by atoms with van der Waals surface area (Å²) in [6.07, 6.45) is 2.05. The van der Waals surface area contributed by atoms with Crippen LogP contribution in [-0.2, 0) is 9.59 Å². The normalized spacial score (nSPS) is 35.4. The predicted molar refractivity (Wildman–Crippen MR) is 69.9 cm³/mol. The fourth-order valence-corrected chi connectivity index (χ4v) is 3.11. The first-order valence-electron chi connectivity index (χ1n) is 6.89. The Hall–Kier alpha value is -1.06. The summed E-state index contributed by atoms with van der Waals surface area (Å²) in [4.78, 5) is 26.7. The second-order valence-corrected chi connectivity index (χ2v) is 6.75. The number of hydrogen-bond donors (Lipinski definition) is 1. The maximum Gasteiger partial charge on any atom is 0.248 e. The number of piperazine rings is 1. The first-order chi connectivity index (χ1) is 8.24. The Labute approximate surface area is 109 Å². The van der Waals surface area contributed by atoms with Crippen molar-refractivity contribution in [3.63, 3.8) is 0 Å². The van der Waals surface area contributed by atoms with Crippen LogP contribution in [0.1, 0.15) is 47.5 Å². The van der Waals surface area contributed by atoms with E-state index in [4.69, 9.17) is 0 Å². The highest BCUT2D eigenvalue weighted by molar-refractivity contribution is 5.99. The monoisotopic (exact) mass is 252 g/mol. The molecular weight excluding hydrogens is 228 g/mol. The van der Waals surface area contributed by atoms with Gasteiger partial charge in [0.1, 0.15) is 11.6 Å². The quantitative estimate of drug-likeness (QED) is 0.810. The molecule has 1 N–H and O–H groups in total. The molecule has 0 radical (unpaired) electrons. The summed E-state index contributed by atoms with van der Waals surface area (Å²) in [5.41, 5.74) is -0.763. The van der Waals surface area contributed by atoms with Crippen LogP contribution in [0.25, 0.3) is 0 Å². The third-order valence-corrected chi connectivity index (χ3v) is 4.15. The molecule has 1 atom stereocenters. The summed E-state index contributed by atoms with van der Waals surface area (Å²) in [7, 11) is 0. The molecule has 1 aliphatic carbocycles. The van der Waals surface area contributed by atoms with Crippen LogP contribution in [0.3, 0.4) is 0 Å². The number of hydrogen-bond acceptors (Lipinski definition) is 2. The molecule has 2 amide bonds. The SMILES string of the molecule is CC1CC(N2C(=O)C(C)(C)NC(=O)C2C(C)C)C1. The number of carbonyl (C=O) groups excluding carboxylic acids is 2. The zero-order valence-electron chi connectivity index (χ0n) is 12.0. The van der Waals surface area contributed by atoms with Crippen LogP contribution in [0.15, 0.2) is 0 Å². The van der Waals surface area contributed by atoms with Gasteiger partial charge < -0.3 is 10.2 Å². The van der Waals surface area contributed by atoms with Crippen molar-refractivity contribution in [1.29, 1.82) is 0 Å². The Bertz CT molecular complexity index is 370. The lowest BCUT2D eigenvalue weighted by Gasteiger charge is -2.51. The van der Waals surface area contributed by atoms with Crippen molar-refractivity contribution in [2.75, 3.05) is 0 Å². The van der Waals surface area contributed by atoms with Gasteiger partial charge >= 0.3 is 0 Å². The maximum atomic E-state index is 12.6. The summed E-state index contributed by atoms with van der Waals surface area (Å²) in [5, 5.41) is 2.85. The van der Waals surface area contributed by atoms with E-state index in [9.17, 15) is 9.59 Å². The smallest absolute Gasteiger partial charge is 0.248 e. The summed E-state index contributed by atoms with van der Waals surface area (Å²) >= 11 is 0. The molecular formula is C14H24N2O2. The van der Waals surface area contributed by atoms with E-state index in [1.165, 1.54) is 0 Å². The lowest BCUT2D eigenvalue weighted by molar-refractivity contribution is -0.161. The molecule has 1 heterocycles. The molecule has 2 fully saturated rings. The maximum absolute atomic E-state index is 12.6. The molecule has 0 aromatic rings. The highest BCUT2D eigenvalue weighted by atomic mass is 16.2. The van der Waals surface area contributed by atoms with Crippen molar-refractivity contribution in [2.24, 2.45) is 11.8 Å². The second kappa shape index (κ2) is 4.25. The van der Waals surface area contributed by atoms with Crippen LogP contribution in [0, 0.1) is 11.8 Å². The van der Waals surface area contributed by atoms with Crippen LogP contribution in [0.4, 0.5) is 0 Å². The van der Waals surface area contributed by atoms with Crippen LogP contribution >= 0.6 is 0 Å². The zero-order chi connectivity index (χ0) is 13.7. The third-order valence-electron chi connectivity index (χ3n) is 4.15. The minimum absolute atomic E-state index is 0.00541. The van der Waals surface area contributed by atoms with Crippen molar-refractivity contribution < 1.29 is 9.59 Å². The van der Waals surface area contributed by atoms with Gasteiger partial charge in [-0.2, -0.15) is 0 Å². The van der Waals surface area contributed by atoms with E-state index in [0.29, 0.717) is 5.92 Å². The van der Waals surface area contributed by atoms with Crippen LogP contribution in [0.2, 0.25) is 0 Å². The number of nitrogens with zero attached hydrogens (tertiary/aromatic N) is 1. The topological polar surface area (TPSA) is 49.4 Å². The van der Waals surface area contributed by atoms with E-state index in [1.807, 2.05) is 18.7 Å². The molecule has 0 aromatic heterocycles.